The van der Waals surface area contributed by atoms with Crippen LogP contribution in [0.1, 0.15) is 43.7 Å². The fraction of sp³-hybridized carbons (Fsp3) is 0.455. The normalized spacial score (nSPS) is 14.6. The number of nitrogens with one attached hydrogen (secondary N) is 1. The van der Waals surface area contributed by atoms with Crippen LogP contribution < -0.4 is 14.8 Å². The average molecular weight is 339 g/mol. The van der Waals surface area contributed by atoms with Crippen molar-refractivity contribution in [3.05, 3.63) is 59.7 Å². The largest absolute Gasteiger partial charge is 0.490 e. The van der Waals surface area contributed by atoms with Crippen molar-refractivity contribution in [3.63, 3.8) is 0 Å². The van der Waals surface area contributed by atoms with Gasteiger partial charge in [0.15, 0.2) is 11.5 Å². The van der Waals surface area contributed by atoms with Crippen LogP contribution in [-0.2, 0) is 13.0 Å². The molecule has 0 heterocycles. The van der Waals surface area contributed by atoms with E-state index in [1.54, 1.807) is 0 Å². The van der Waals surface area contributed by atoms with E-state index in [-0.39, 0.29) is 0 Å². The Bertz CT molecular complexity index is 636. The zero-order valence-electron chi connectivity index (χ0n) is 15.2. The third-order valence-electron chi connectivity index (χ3n) is 4.67. The van der Waals surface area contributed by atoms with Crippen molar-refractivity contribution >= 4 is 0 Å². The Hall–Kier alpha value is -2.00. The highest BCUT2D eigenvalue weighted by atomic mass is 16.5. The summed E-state index contributed by atoms with van der Waals surface area (Å²) in [6, 6.07) is 16.9. The van der Waals surface area contributed by atoms with E-state index in [2.05, 4.69) is 53.8 Å². The Morgan fingerprint density at radius 1 is 0.960 bits per heavy atom. The van der Waals surface area contributed by atoms with Gasteiger partial charge < -0.3 is 14.8 Å². The number of ether oxygens (including phenoxy) is 2. The lowest BCUT2D eigenvalue weighted by atomic mass is 10.1. The van der Waals surface area contributed by atoms with Crippen molar-refractivity contribution in [2.24, 2.45) is 0 Å². The van der Waals surface area contributed by atoms with Gasteiger partial charge in [-0.2, -0.15) is 0 Å². The van der Waals surface area contributed by atoms with E-state index in [0.29, 0.717) is 12.7 Å². The van der Waals surface area contributed by atoms with E-state index in [0.717, 1.165) is 43.9 Å². The van der Waals surface area contributed by atoms with E-state index in [1.165, 1.54) is 24.0 Å². The molecule has 134 valence electrons. The molecule has 0 bridgehead atoms. The fourth-order valence-corrected chi connectivity index (χ4v) is 3.32. The minimum atomic E-state index is 0.356. The molecule has 0 amide bonds. The third kappa shape index (κ3) is 5.50. The predicted molar refractivity (Wildman–Crippen MR) is 102 cm³/mol. The van der Waals surface area contributed by atoms with Crippen molar-refractivity contribution in [2.45, 2.75) is 51.7 Å². The van der Waals surface area contributed by atoms with Gasteiger partial charge in [0.05, 0.1) is 12.7 Å². The van der Waals surface area contributed by atoms with Crippen LogP contribution in [0.5, 0.6) is 11.5 Å². The first-order valence-electron chi connectivity index (χ1n) is 9.52. The minimum absolute atomic E-state index is 0.356. The van der Waals surface area contributed by atoms with Crippen LogP contribution >= 0.6 is 0 Å². The van der Waals surface area contributed by atoms with Gasteiger partial charge in [0.1, 0.15) is 0 Å². The van der Waals surface area contributed by atoms with Crippen LogP contribution in [-0.4, -0.2) is 19.3 Å². The molecule has 3 rings (SSSR count). The highest BCUT2D eigenvalue weighted by Crippen LogP contribution is 2.32. The molecule has 0 unspecified atom stereocenters. The first kappa shape index (κ1) is 17.8. The van der Waals surface area contributed by atoms with Gasteiger partial charge in [-0.05, 0) is 68.8 Å². The molecule has 1 fully saturated rings. The Labute approximate surface area is 151 Å². The summed E-state index contributed by atoms with van der Waals surface area (Å²) in [6.45, 7) is 4.49. The van der Waals surface area contributed by atoms with Crippen LogP contribution in [0.2, 0.25) is 0 Å². The summed E-state index contributed by atoms with van der Waals surface area (Å²) in [5, 5.41) is 3.52. The highest BCUT2D eigenvalue weighted by molar-refractivity contribution is 5.43. The predicted octanol–water partition coefficient (Wildman–Crippen LogP) is 4.74. The molecule has 0 spiro atoms. The number of hydrogen-bond donors (Lipinski definition) is 1. The Morgan fingerprint density at radius 2 is 1.76 bits per heavy atom. The van der Waals surface area contributed by atoms with E-state index >= 15 is 0 Å². The van der Waals surface area contributed by atoms with Crippen LogP contribution in [0, 0.1) is 0 Å². The molecule has 25 heavy (non-hydrogen) atoms. The Balaban J connectivity index is 1.53. The van der Waals surface area contributed by atoms with E-state index in [4.69, 9.17) is 9.47 Å². The number of benzene rings is 2. The first-order valence-corrected chi connectivity index (χ1v) is 9.52. The topological polar surface area (TPSA) is 30.5 Å². The monoisotopic (exact) mass is 339 g/mol. The van der Waals surface area contributed by atoms with Crippen molar-refractivity contribution in [1.82, 2.24) is 5.32 Å². The maximum absolute atomic E-state index is 6.15. The zero-order valence-corrected chi connectivity index (χ0v) is 15.2. The number of hydrogen-bond acceptors (Lipinski definition) is 3. The Morgan fingerprint density at radius 3 is 2.52 bits per heavy atom. The van der Waals surface area contributed by atoms with Gasteiger partial charge >= 0.3 is 0 Å². The van der Waals surface area contributed by atoms with Gasteiger partial charge in [-0.1, -0.05) is 36.4 Å². The summed E-state index contributed by atoms with van der Waals surface area (Å²) in [5.74, 6) is 1.76. The highest BCUT2D eigenvalue weighted by Gasteiger charge is 2.18. The van der Waals surface area contributed by atoms with Crippen LogP contribution in [0.25, 0.3) is 0 Å². The lowest BCUT2D eigenvalue weighted by Gasteiger charge is -2.17. The summed E-state index contributed by atoms with van der Waals surface area (Å²) in [5.41, 5.74) is 2.60. The van der Waals surface area contributed by atoms with Gasteiger partial charge in [-0.3, -0.25) is 0 Å². The SMILES string of the molecule is CCOc1cc(CNCCc2ccccc2)ccc1OC1CCCC1. The molecule has 0 saturated heterocycles. The summed E-state index contributed by atoms with van der Waals surface area (Å²) in [4.78, 5) is 0. The van der Waals surface area contributed by atoms with E-state index in [1.807, 2.05) is 6.92 Å². The molecule has 1 N–H and O–H groups in total. The molecule has 0 atom stereocenters. The summed E-state index contributed by atoms with van der Waals surface area (Å²) in [7, 11) is 0. The first-order chi connectivity index (χ1) is 12.3. The van der Waals surface area contributed by atoms with Gasteiger partial charge in [0, 0.05) is 6.54 Å². The van der Waals surface area contributed by atoms with E-state index < -0.39 is 0 Å². The van der Waals surface area contributed by atoms with Crippen molar-refractivity contribution in [3.8, 4) is 11.5 Å². The Kier molecular flexibility index (Phi) is 6.75. The molecule has 3 heteroatoms. The van der Waals surface area contributed by atoms with Gasteiger partial charge in [0.25, 0.3) is 0 Å². The zero-order chi connectivity index (χ0) is 17.3. The minimum Gasteiger partial charge on any atom is -0.490 e. The molecule has 2 aromatic carbocycles. The molecule has 1 aliphatic carbocycles. The van der Waals surface area contributed by atoms with E-state index in [9.17, 15) is 0 Å². The smallest absolute Gasteiger partial charge is 0.161 e. The second-order valence-electron chi connectivity index (χ2n) is 6.65. The summed E-state index contributed by atoms with van der Waals surface area (Å²) < 4.78 is 12.0. The van der Waals surface area contributed by atoms with Crippen LogP contribution in [0.4, 0.5) is 0 Å². The standard InChI is InChI=1S/C22H29NO2/c1-2-24-22-16-19(12-13-21(22)25-20-10-6-7-11-20)17-23-15-14-18-8-4-3-5-9-18/h3-5,8-9,12-13,16,20,23H,2,6-7,10-11,14-15,17H2,1H3. The maximum atomic E-state index is 6.15. The number of rotatable bonds is 9. The van der Waals surface area contributed by atoms with Crippen LogP contribution in [0.15, 0.2) is 48.5 Å². The molecule has 0 radical (unpaired) electrons. The molecule has 0 aliphatic heterocycles. The van der Waals surface area contributed by atoms with Gasteiger partial charge in [0.2, 0.25) is 0 Å². The summed E-state index contributed by atoms with van der Waals surface area (Å²) in [6.07, 6.45) is 6.27. The van der Waals surface area contributed by atoms with Crippen molar-refractivity contribution in [1.29, 1.82) is 0 Å². The molecule has 1 saturated carbocycles. The molecule has 1 aliphatic rings. The average Bonchev–Trinajstić information content (AvgIpc) is 3.15. The van der Waals surface area contributed by atoms with Gasteiger partial charge in [-0.15, -0.1) is 0 Å². The molecule has 2 aromatic rings. The van der Waals surface area contributed by atoms with Crippen molar-refractivity contribution in [2.75, 3.05) is 13.2 Å². The molecular weight excluding hydrogens is 310 g/mol. The summed E-state index contributed by atoms with van der Waals surface area (Å²) >= 11 is 0. The lowest BCUT2D eigenvalue weighted by Crippen LogP contribution is -2.17. The lowest BCUT2D eigenvalue weighted by molar-refractivity contribution is 0.196. The van der Waals surface area contributed by atoms with Crippen LogP contribution in [0.3, 0.4) is 0 Å². The quantitative estimate of drug-likeness (QED) is 0.669. The van der Waals surface area contributed by atoms with Gasteiger partial charge in [-0.25, -0.2) is 0 Å². The fourth-order valence-electron chi connectivity index (χ4n) is 3.32. The molecule has 3 nitrogen and oxygen atoms in total. The third-order valence-corrected chi connectivity index (χ3v) is 4.67. The second-order valence-corrected chi connectivity index (χ2v) is 6.65. The molecular formula is C22H29NO2. The van der Waals surface area contributed by atoms with Crippen molar-refractivity contribution < 1.29 is 9.47 Å². The maximum Gasteiger partial charge on any atom is 0.161 e. The second kappa shape index (κ2) is 9.47. The molecule has 0 aromatic heterocycles.